The van der Waals surface area contributed by atoms with Crippen LogP contribution in [0.3, 0.4) is 0 Å². The summed E-state index contributed by atoms with van der Waals surface area (Å²) in [5.74, 6) is 0.446. The van der Waals surface area contributed by atoms with Crippen LogP contribution in [-0.2, 0) is 0 Å². The standard InChI is InChI=1S/C11H14BF3O3/c1-8-7-9(12(16)17)3-4-10(8)18-6-2-5-11(13,14)15/h3-4,7,16-17H,2,5-6H2,1H3. The van der Waals surface area contributed by atoms with Crippen molar-refractivity contribution in [3.8, 4) is 5.75 Å². The summed E-state index contributed by atoms with van der Waals surface area (Å²) in [6.07, 6.45) is -5.14. The summed E-state index contributed by atoms with van der Waals surface area (Å²) in [5.41, 5.74) is 0.961. The fraction of sp³-hybridized carbons (Fsp3) is 0.455. The molecule has 7 heteroatoms. The largest absolute Gasteiger partial charge is 0.493 e. The van der Waals surface area contributed by atoms with E-state index in [0.29, 0.717) is 16.8 Å². The zero-order chi connectivity index (χ0) is 13.8. The van der Waals surface area contributed by atoms with E-state index in [-0.39, 0.29) is 13.0 Å². The van der Waals surface area contributed by atoms with Crippen molar-refractivity contribution < 1.29 is 28.0 Å². The Morgan fingerprint density at radius 1 is 1.28 bits per heavy atom. The van der Waals surface area contributed by atoms with Crippen LogP contribution >= 0.6 is 0 Å². The SMILES string of the molecule is Cc1cc(B(O)O)ccc1OCCCC(F)(F)F. The lowest BCUT2D eigenvalue weighted by molar-refractivity contribution is -0.136. The molecule has 0 bridgehead atoms. The van der Waals surface area contributed by atoms with Gasteiger partial charge in [0.05, 0.1) is 6.61 Å². The van der Waals surface area contributed by atoms with Crippen LogP contribution < -0.4 is 10.2 Å². The third-order valence-electron chi connectivity index (χ3n) is 2.36. The molecule has 1 aromatic rings. The van der Waals surface area contributed by atoms with Crippen LogP contribution in [0.1, 0.15) is 18.4 Å². The maximum Gasteiger partial charge on any atom is 0.488 e. The highest BCUT2D eigenvalue weighted by Crippen LogP contribution is 2.22. The quantitative estimate of drug-likeness (QED) is 0.622. The highest BCUT2D eigenvalue weighted by atomic mass is 19.4. The van der Waals surface area contributed by atoms with E-state index >= 15 is 0 Å². The predicted octanol–water partition coefficient (Wildman–Crippen LogP) is 1.40. The van der Waals surface area contributed by atoms with Gasteiger partial charge in [-0.25, -0.2) is 0 Å². The van der Waals surface area contributed by atoms with Crippen LogP contribution in [0.2, 0.25) is 0 Å². The molecule has 0 amide bonds. The van der Waals surface area contributed by atoms with Gasteiger partial charge in [0, 0.05) is 6.42 Å². The van der Waals surface area contributed by atoms with Crippen molar-refractivity contribution in [2.45, 2.75) is 25.9 Å². The molecule has 0 atom stereocenters. The minimum atomic E-state index is -4.16. The summed E-state index contributed by atoms with van der Waals surface area (Å²) in [6, 6.07) is 4.48. The van der Waals surface area contributed by atoms with Crippen molar-refractivity contribution in [3.63, 3.8) is 0 Å². The predicted molar refractivity (Wildman–Crippen MR) is 61.8 cm³/mol. The van der Waals surface area contributed by atoms with Gasteiger partial charge in [-0.3, -0.25) is 0 Å². The van der Waals surface area contributed by atoms with Gasteiger partial charge >= 0.3 is 13.3 Å². The Morgan fingerprint density at radius 2 is 1.94 bits per heavy atom. The van der Waals surface area contributed by atoms with Gasteiger partial charge in [-0.05, 0) is 30.4 Å². The normalized spacial score (nSPS) is 11.4. The molecule has 0 aliphatic heterocycles. The molecule has 0 heterocycles. The molecule has 1 rings (SSSR count). The van der Waals surface area contributed by atoms with E-state index in [1.807, 2.05) is 0 Å². The van der Waals surface area contributed by atoms with Gasteiger partial charge in [0.25, 0.3) is 0 Å². The van der Waals surface area contributed by atoms with Crippen LogP contribution in [0.4, 0.5) is 13.2 Å². The molecule has 3 nitrogen and oxygen atoms in total. The average Bonchev–Trinajstić information content (AvgIpc) is 2.24. The molecule has 100 valence electrons. The molecule has 0 aliphatic carbocycles. The van der Waals surface area contributed by atoms with Crippen molar-refractivity contribution in [1.82, 2.24) is 0 Å². The molecular weight excluding hydrogens is 248 g/mol. The number of halogens is 3. The Morgan fingerprint density at radius 3 is 2.44 bits per heavy atom. The summed E-state index contributed by atoms with van der Waals surface area (Å²) in [6.45, 7) is 1.66. The summed E-state index contributed by atoms with van der Waals surface area (Å²) >= 11 is 0. The lowest BCUT2D eigenvalue weighted by Crippen LogP contribution is -2.29. The molecule has 0 saturated heterocycles. The van der Waals surface area contributed by atoms with Crippen LogP contribution in [0.5, 0.6) is 5.75 Å². The minimum Gasteiger partial charge on any atom is -0.493 e. The number of hydrogen-bond acceptors (Lipinski definition) is 3. The zero-order valence-corrected chi connectivity index (χ0v) is 9.87. The molecule has 2 N–H and O–H groups in total. The van der Waals surface area contributed by atoms with E-state index in [4.69, 9.17) is 14.8 Å². The molecule has 0 unspecified atom stereocenters. The second-order valence-corrected chi connectivity index (χ2v) is 3.97. The van der Waals surface area contributed by atoms with Crippen molar-refractivity contribution >= 4 is 12.6 Å². The van der Waals surface area contributed by atoms with Crippen LogP contribution in [0.25, 0.3) is 0 Å². The first-order valence-corrected chi connectivity index (χ1v) is 5.46. The molecular formula is C11H14BF3O3. The Kier molecular flexibility index (Phi) is 5.04. The number of benzene rings is 1. The molecule has 0 radical (unpaired) electrons. The Labute approximate surface area is 103 Å². The molecule has 18 heavy (non-hydrogen) atoms. The monoisotopic (exact) mass is 262 g/mol. The molecule has 0 aromatic heterocycles. The van der Waals surface area contributed by atoms with Gasteiger partial charge in [0.2, 0.25) is 0 Å². The fourth-order valence-electron chi connectivity index (χ4n) is 1.45. The lowest BCUT2D eigenvalue weighted by atomic mass is 9.79. The summed E-state index contributed by atoms with van der Waals surface area (Å²) in [4.78, 5) is 0. The van der Waals surface area contributed by atoms with E-state index in [9.17, 15) is 13.2 Å². The van der Waals surface area contributed by atoms with Crippen molar-refractivity contribution in [2.75, 3.05) is 6.61 Å². The maximum absolute atomic E-state index is 11.9. The van der Waals surface area contributed by atoms with E-state index in [2.05, 4.69) is 0 Å². The maximum atomic E-state index is 11.9. The first kappa shape index (κ1) is 14.9. The summed E-state index contributed by atoms with van der Waals surface area (Å²) in [7, 11) is -1.57. The molecule has 1 aromatic carbocycles. The van der Waals surface area contributed by atoms with Crippen molar-refractivity contribution in [2.24, 2.45) is 0 Å². The van der Waals surface area contributed by atoms with Gasteiger partial charge in [0.1, 0.15) is 5.75 Å². The second kappa shape index (κ2) is 6.11. The number of rotatable bonds is 5. The van der Waals surface area contributed by atoms with E-state index in [1.54, 1.807) is 6.92 Å². The summed E-state index contributed by atoms with van der Waals surface area (Å²) < 4.78 is 40.9. The minimum absolute atomic E-state index is 0.0264. The van der Waals surface area contributed by atoms with E-state index < -0.39 is 19.7 Å². The van der Waals surface area contributed by atoms with Gasteiger partial charge < -0.3 is 14.8 Å². The summed E-state index contributed by atoms with van der Waals surface area (Å²) in [5, 5.41) is 17.9. The van der Waals surface area contributed by atoms with Gasteiger partial charge in [-0.1, -0.05) is 12.1 Å². The fourth-order valence-corrected chi connectivity index (χ4v) is 1.45. The lowest BCUT2D eigenvalue weighted by Gasteiger charge is -2.11. The third kappa shape index (κ3) is 4.97. The molecule has 0 saturated carbocycles. The Balaban J connectivity index is 2.48. The van der Waals surface area contributed by atoms with Crippen molar-refractivity contribution in [3.05, 3.63) is 23.8 Å². The first-order valence-electron chi connectivity index (χ1n) is 5.46. The highest BCUT2D eigenvalue weighted by molar-refractivity contribution is 6.58. The average molecular weight is 262 g/mol. The smallest absolute Gasteiger partial charge is 0.488 e. The van der Waals surface area contributed by atoms with Gasteiger partial charge in [-0.2, -0.15) is 13.2 Å². The van der Waals surface area contributed by atoms with E-state index in [1.165, 1.54) is 18.2 Å². The van der Waals surface area contributed by atoms with Crippen LogP contribution in [0.15, 0.2) is 18.2 Å². The Hall–Kier alpha value is -1.21. The highest BCUT2D eigenvalue weighted by Gasteiger charge is 2.26. The zero-order valence-electron chi connectivity index (χ0n) is 9.87. The topological polar surface area (TPSA) is 49.7 Å². The number of ether oxygens (including phenoxy) is 1. The Bertz CT molecular complexity index is 394. The first-order chi connectivity index (χ1) is 8.29. The molecule has 0 aliphatic rings. The van der Waals surface area contributed by atoms with Crippen LogP contribution in [-0.4, -0.2) is 29.9 Å². The van der Waals surface area contributed by atoms with E-state index in [0.717, 1.165) is 0 Å². The number of aryl methyl sites for hydroxylation is 1. The number of alkyl halides is 3. The van der Waals surface area contributed by atoms with Gasteiger partial charge in [-0.15, -0.1) is 0 Å². The number of hydrogen-bond donors (Lipinski definition) is 2. The van der Waals surface area contributed by atoms with Crippen LogP contribution in [0, 0.1) is 6.92 Å². The third-order valence-corrected chi connectivity index (χ3v) is 2.36. The molecule has 0 spiro atoms. The van der Waals surface area contributed by atoms with Gasteiger partial charge in [0.15, 0.2) is 0 Å². The molecule has 0 fully saturated rings. The second-order valence-electron chi connectivity index (χ2n) is 3.97. The van der Waals surface area contributed by atoms with Crippen molar-refractivity contribution in [1.29, 1.82) is 0 Å².